The van der Waals surface area contributed by atoms with E-state index in [0.29, 0.717) is 37.2 Å². The molecule has 28 heavy (non-hydrogen) atoms. The highest BCUT2D eigenvalue weighted by Crippen LogP contribution is 2.25. The number of aromatic nitrogens is 1. The molecule has 1 aromatic heterocycles. The number of amides is 2. The smallest absolute Gasteiger partial charge is 0.255 e. The van der Waals surface area contributed by atoms with E-state index in [1.807, 2.05) is 26.0 Å². The Hall–Kier alpha value is -2.15. The van der Waals surface area contributed by atoms with Gasteiger partial charge in [0.05, 0.1) is 17.3 Å². The van der Waals surface area contributed by atoms with Gasteiger partial charge in [-0.3, -0.25) is 14.6 Å². The summed E-state index contributed by atoms with van der Waals surface area (Å²) in [6.45, 7) is 4.70. The van der Waals surface area contributed by atoms with Gasteiger partial charge >= 0.3 is 0 Å². The lowest BCUT2D eigenvalue weighted by Crippen LogP contribution is -2.45. The largest absolute Gasteiger partial charge is 0.352 e. The van der Waals surface area contributed by atoms with Gasteiger partial charge in [-0.05, 0) is 42.7 Å². The molecule has 1 aromatic carbocycles. The van der Waals surface area contributed by atoms with E-state index >= 15 is 0 Å². The lowest BCUT2D eigenvalue weighted by atomic mass is 9.81. The summed E-state index contributed by atoms with van der Waals surface area (Å²) < 4.78 is 0. The molecule has 8 heteroatoms. The summed E-state index contributed by atoms with van der Waals surface area (Å²) in [7, 11) is 0. The van der Waals surface area contributed by atoms with Crippen LogP contribution in [0.15, 0.2) is 48.8 Å². The molecule has 1 heterocycles. The number of anilines is 1. The molecule has 0 atom stereocenters. The van der Waals surface area contributed by atoms with E-state index in [4.69, 9.17) is 5.73 Å². The summed E-state index contributed by atoms with van der Waals surface area (Å²) in [6.07, 6.45) is 4.65. The quantitative estimate of drug-likeness (QED) is 0.600. The van der Waals surface area contributed by atoms with E-state index in [1.165, 1.54) is 0 Å². The number of nitrogens with zero attached hydrogens (tertiary/aromatic N) is 1. The molecule has 6 nitrogen and oxygen atoms in total. The number of hydrogen-bond acceptors (Lipinski definition) is 4. The first kappa shape index (κ1) is 25.9. The third-order valence-corrected chi connectivity index (χ3v) is 4.81. The van der Waals surface area contributed by atoms with Gasteiger partial charge in [-0.25, -0.2) is 0 Å². The van der Waals surface area contributed by atoms with Crippen LogP contribution < -0.4 is 16.4 Å². The fourth-order valence-electron chi connectivity index (χ4n) is 2.74. The number of carbonyl (C=O) groups is 2. The third-order valence-electron chi connectivity index (χ3n) is 4.81. The van der Waals surface area contributed by atoms with Gasteiger partial charge < -0.3 is 16.4 Å². The molecule has 0 aliphatic heterocycles. The summed E-state index contributed by atoms with van der Waals surface area (Å²) >= 11 is 0. The van der Waals surface area contributed by atoms with Gasteiger partial charge in [0.25, 0.3) is 5.91 Å². The molecule has 2 rings (SSSR count). The van der Waals surface area contributed by atoms with Gasteiger partial charge in [-0.2, -0.15) is 0 Å². The second-order valence-electron chi connectivity index (χ2n) is 6.27. The molecule has 0 fully saturated rings. The van der Waals surface area contributed by atoms with Crippen molar-refractivity contribution in [2.75, 3.05) is 11.9 Å². The normalized spacial score (nSPS) is 10.2. The van der Waals surface area contributed by atoms with Crippen LogP contribution in [0.5, 0.6) is 0 Å². The van der Waals surface area contributed by atoms with Crippen molar-refractivity contribution in [3.05, 3.63) is 59.9 Å². The number of nitrogens with two attached hydrogens (primary N) is 1. The molecule has 0 aliphatic carbocycles. The zero-order chi connectivity index (χ0) is 19.0. The summed E-state index contributed by atoms with van der Waals surface area (Å²) in [5.74, 6) is -0.226. The monoisotopic (exact) mass is 426 g/mol. The van der Waals surface area contributed by atoms with Crippen molar-refractivity contribution in [2.24, 2.45) is 11.1 Å². The summed E-state index contributed by atoms with van der Waals surface area (Å²) in [5.41, 5.74) is 7.41. The Bertz CT molecular complexity index is 727. The molecule has 4 N–H and O–H groups in total. The van der Waals surface area contributed by atoms with Gasteiger partial charge in [0.1, 0.15) is 0 Å². The highest BCUT2D eigenvalue weighted by atomic mass is 35.5. The second kappa shape index (κ2) is 12.3. The number of nitrogens with one attached hydrogen (secondary N) is 2. The minimum Gasteiger partial charge on any atom is -0.352 e. The molecule has 0 saturated heterocycles. The van der Waals surface area contributed by atoms with Crippen LogP contribution in [0.2, 0.25) is 0 Å². The number of hydrogen-bond donors (Lipinski definition) is 3. The molecule has 154 valence electrons. The second-order valence-corrected chi connectivity index (χ2v) is 6.27. The van der Waals surface area contributed by atoms with Crippen LogP contribution in [0, 0.1) is 5.41 Å². The Morgan fingerprint density at radius 2 is 1.71 bits per heavy atom. The standard InChI is InChI=1S/C20H26N4O2.2ClH/c1-3-20(4-2,14-21)19(26)23-12-15-7-9-16(10-8-15)18(25)24-17-6-5-11-22-13-17;;/h5-11,13H,3-4,12,14,21H2,1-2H3,(H,23,26)(H,24,25);2*1H. The first-order chi connectivity index (χ1) is 12.5. The number of pyridine rings is 1. The molecule has 0 unspecified atom stereocenters. The van der Waals surface area contributed by atoms with E-state index < -0.39 is 5.41 Å². The van der Waals surface area contributed by atoms with E-state index in [0.717, 1.165) is 5.56 Å². The van der Waals surface area contributed by atoms with Crippen LogP contribution in [-0.2, 0) is 11.3 Å². The van der Waals surface area contributed by atoms with Gasteiger partial charge in [-0.1, -0.05) is 26.0 Å². The maximum Gasteiger partial charge on any atom is 0.255 e. The first-order valence-corrected chi connectivity index (χ1v) is 8.83. The molecule has 2 amide bonds. The highest BCUT2D eigenvalue weighted by molar-refractivity contribution is 6.04. The van der Waals surface area contributed by atoms with E-state index in [1.54, 1.807) is 36.7 Å². The van der Waals surface area contributed by atoms with E-state index in [2.05, 4.69) is 15.6 Å². The van der Waals surface area contributed by atoms with Gasteiger partial charge in [0, 0.05) is 24.8 Å². The van der Waals surface area contributed by atoms with Crippen molar-refractivity contribution < 1.29 is 9.59 Å². The molecule has 0 saturated carbocycles. The predicted octanol–water partition coefficient (Wildman–Crippen LogP) is 3.56. The summed E-state index contributed by atoms with van der Waals surface area (Å²) in [6, 6.07) is 10.7. The topological polar surface area (TPSA) is 97.1 Å². The zero-order valence-corrected chi connectivity index (χ0v) is 17.7. The van der Waals surface area contributed by atoms with E-state index in [9.17, 15) is 9.59 Å². The molecule has 0 bridgehead atoms. The first-order valence-electron chi connectivity index (χ1n) is 8.83. The lowest BCUT2D eigenvalue weighted by Gasteiger charge is -2.28. The van der Waals surface area contributed by atoms with Crippen molar-refractivity contribution in [1.29, 1.82) is 0 Å². The Kier molecular flexibility index (Phi) is 11.4. The van der Waals surface area contributed by atoms with Crippen molar-refractivity contribution in [2.45, 2.75) is 33.2 Å². The van der Waals surface area contributed by atoms with Crippen LogP contribution in [0.3, 0.4) is 0 Å². The predicted molar refractivity (Wildman–Crippen MR) is 117 cm³/mol. The molecule has 2 aromatic rings. The molecule has 0 spiro atoms. The van der Waals surface area contributed by atoms with E-state index in [-0.39, 0.29) is 36.6 Å². The van der Waals surface area contributed by atoms with Crippen LogP contribution in [-0.4, -0.2) is 23.3 Å². The molecule has 0 aliphatic rings. The van der Waals surface area contributed by atoms with Gasteiger partial charge in [0.2, 0.25) is 5.91 Å². The minimum atomic E-state index is -0.510. The minimum absolute atomic E-state index is 0. The Balaban J connectivity index is 0.00000364. The SMILES string of the molecule is CCC(CC)(CN)C(=O)NCc1ccc(C(=O)Nc2cccnc2)cc1.Cl.Cl. The maximum atomic E-state index is 12.4. The number of halogens is 2. The Morgan fingerprint density at radius 3 is 2.21 bits per heavy atom. The van der Waals surface area contributed by atoms with Crippen LogP contribution >= 0.6 is 24.8 Å². The van der Waals surface area contributed by atoms with Gasteiger partial charge in [0.15, 0.2) is 0 Å². The molecule has 0 radical (unpaired) electrons. The zero-order valence-electron chi connectivity index (χ0n) is 16.1. The van der Waals surface area contributed by atoms with Crippen molar-refractivity contribution in [1.82, 2.24) is 10.3 Å². The van der Waals surface area contributed by atoms with Crippen LogP contribution in [0.4, 0.5) is 5.69 Å². The average Bonchev–Trinajstić information content (AvgIpc) is 2.69. The highest BCUT2D eigenvalue weighted by Gasteiger charge is 2.32. The van der Waals surface area contributed by atoms with Crippen molar-refractivity contribution >= 4 is 42.3 Å². The van der Waals surface area contributed by atoms with Gasteiger partial charge in [-0.15, -0.1) is 24.8 Å². The third kappa shape index (κ3) is 6.48. The summed E-state index contributed by atoms with van der Waals surface area (Å²) in [4.78, 5) is 28.6. The number of benzene rings is 1. The van der Waals surface area contributed by atoms with Crippen LogP contribution in [0.25, 0.3) is 0 Å². The summed E-state index contributed by atoms with van der Waals surface area (Å²) in [5, 5.41) is 5.74. The van der Waals surface area contributed by atoms with Crippen molar-refractivity contribution in [3.8, 4) is 0 Å². The van der Waals surface area contributed by atoms with Crippen LogP contribution in [0.1, 0.15) is 42.6 Å². The van der Waals surface area contributed by atoms with Crippen molar-refractivity contribution in [3.63, 3.8) is 0 Å². The average molecular weight is 427 g/mol. The molecular formula is C20H28Cl2N4O2. The Morgan fingerprint density at radius 1 is 1.07 bits per heavy atom. The molecular weight excluding hydrogens is 399 g/mol. The lowest BCUT2D eigenvalue weighted by molar-refractivity contribution is -0.131. The fraction of sp³-hybridized carbons (Fsp3) is 0.350. The maximum absolute atomic E-state index is 12.4. The fourth-order valence-corrected chi connectivity index (χ4v) is 2.74. The Labute approximate surface area is 178 Å². The number of rotatable bonds is 8. The number of carbonyl (C=O) groups excluding carboxylic acids is 2.